The Bertz CT molecular complexity index is 411. The first-order valence-corrected chi connectivity index (χ1v) is 8.49. The Hall–Kier alpha value is -0.860. The van der Waals surface area contributed by atoms with Gasteiger partial charge in [-0.1, -0.05) is 57.0 Å². The van der Waals surface area contributed by atoms with Crippen LogP contribution in [-0.2, 0) is 0 Å². The molecule has 1 rings (SSSR count). The molecule has 1 unspecified atom stereocenters. The maximum Gasteiger partial charge on any atom is 0.0504 e. The highest BCUT2D eigenvalue weighted by molar-refractivity contribution is 5.33. The van der Waals surface area contributed by atoms with Gasteiger partial charge in [0.05, 0.1) is 6.04 Å². The van der Waals surface area contributed by atoms with Crippen LogP contribution in [0.25, 0.3) is 0 Å². The summed E-state index contributed by atoms with van der Waals surface area (Å²) in [6, 6.07) is 7.31. The van der Waals surface area contributed by atoms with Gasteiger partial charge in [0.2, 0.25) is 0 Å². The number of nitrogens with one attached hydrogen (secondary N) is 1. The van der Waals surface area contributed by atoms with Gasteiger partial charge in [-0.05, 0) is 52.4 Å². The molecule has 0 amide bonds. The molecule has 0 aliphatic rings. The molecule has 0 spiro atoms. The fourth-order valence-electron chi connectivity index (χ4n) is 4.06. The van der Waals surface area contributed by atoms with E-state index in [2.05, 4.69) is 77.0 Å². The minimum absolute atomic E-state index is 0.179. The molecule has 21 heavy (non-hydrogen) atoms. The quantitative estimate of drug-likeness (QED) is 0.760. The predicted octanol–water partition coefficient (Wildman–Crippen LogP) is 4.46. The summed E-state index contributed by atoms with van der Waals surface area (Å²) >= 11 is 0. The van der Waals surface area contributed by atoms with Gasteiger partial charge in [-0.25, -0.2) is 0 Å². The molecule has 1 aromatic carbocycles. The number of nitrogens with zero attached hydrogens (tertiary/aromatic N) is 1. The molecule has 0 radical (unpaired) electrons. The molecule has 0 aliphatic carbocycles. The van der Waals surface area contributed by atoms with Gasteiger partial charge < -0.3 is 5.32 Å². The molecule has 1 aromatic rings. The Kier molecular flexibility index (Phi) is 6.89. The lowest BCUT2D eigenvalue weighted by Gasteiger charge is -2.48. The highest BCUT2D eigenvalue weighted by Gasteiger charge is 2.40. The molecule has 0 saturated carbocycles. The smallest absolute Gasteiger partial charge is 0.0504 e. The van der Waals surface area contributed by atoms with E-state index in [4.69, 9.17) is 0 Å². The lowest BCUT2D eigenvalue weighted by Crippen LogP contribution is -2.55. The van der Waals surface area contributed by atoms with Crippen LogP contribution in [0.3, 0.4) is 0 Å². The van der Waals surface area contributed by atoms with E-state index < -0.39 is 0 Å². The summed E-state index contributed by atoms with van der Waals surface area (Å²) in [5, 5.41) is 3.62. The van der Waals surface area contributed by atoms with Gasteiger partial charge in [0.1, 0.15) is 0 Å². The number of likely N-dealkylation sites (N-methyl/N-ethyl adjacent to an activating group) is 2. The van der Waals surface area contributed by atoms with E-state index in [-0.39, 0.29) is 5.54 Å². The summed E-state index contributed by atoms with van der Waals surface area (Å²) in [7, 11) is 2.10. The van der Waals surface area contributed by atoms with Crippen LogP contribution < -0.4 is 5.32 Å². The van der Waals surface area contributed by atoms with E-state index in [1.165, 1.54) is 16.7 Å². The topological polar surface area (TPSA) is 15.3 Å². The second kappa shape index (κ2) is 7.95. The third-order valence-electron chi connectivity index (χ3n) is 5.02. The van der Waals surface area contributed by atoms with Crippen molar-refractivity contribution in [3.05, 3.63) is 34.9 Å². The van der Waals surface area contributed by atoms with E-state index >= 15 is 0 Å². The number of rotatable bonds is 8. The molecule has 0 aliphatic heterocycles. The molecule has 0 fully saturated rings. The van der Waals surface area contributed by atoms with Crippen LogP contribution in [0.2, 0.25) is 0 Å². The van der Waals surface area contributed by atoms with E-state index in [1.54, 1.807) is 0 Å². The predicted molar refractivity (Wildman–Crippen MR) is 94.0 cm³/mol. The molecule has 1 N–H and O–H groups in total. The monoisotopic (exact) mass is 290 g/mol. The summed E-state index contributed by atoms with van der Waals surface area (Å²) < 4.78 is 0. The summed E-state index contributed by atoms with van der Waals surface area (Å²) in [6.07, 6.45) is 2.31. The number of hydrogen-bond acceptors (Lipinski definition) is 2. The molecule has 0 bridgehead atoms. The second-order valence-electron chi connectivity index (χ2n) is 6.13. The average Bonchev–Trinajstić information content (AvgIpc) is 2.46. The van der Waals surface area contributed by atoms with Gasteiger partial charge in [0, 0.05) is 5.54 Å². The van der Waals surface area contributed by atoms with E-state index in [9.17, 15) is 0 Å². The van der Waals surface area contributed by atoms with Gasteiger partial charge in [0.25, 0.3) is 0 Å². The van der Waals surface area contributed by atoms with E-state index in [1.807, 2.05) is 0 Å². The third kappa shape index (κ3) is 3.67. The van der Waals surface area contributed by atoms with Crippen LogP contribution in [0.4, 0.5) is 0 Å². The zero-order chi connectivity index (χ0) is 16.0. The standard InChI is InChI=1S/C19H34N2/c1-8-19(9-2,21(10-3)11-4)18(20-7)17-13-15(5)12-16(6)14-17/h12-14,18,20H,8-11H2,1-7H3. The average molecular weight is 290 g/mol. The van der Waals surface area contributed by atoms with Crippen LogP contribution in [0.1, 0.15) is 63.3 Å². The van der Waals surface area contributed by atoms with Crippen molar-refractivity contribution >= 4 is 0 Å². The number of hydrogen-bond donors (Lipinski definition) is 1. The first-order valence-electron chi connectivity index (χ1n) is 8.49. The maximum atomic E-state index is 3.62. The van der Waals surface area contributed by atoms with Crippen molar-refractivity contribution in [1.29, 1.82) is 0 Å². The van der Waals surface area contributed by atoms with Crippen molar-refractivity contribution in [3.63, 3.8) is 0 Å². The lowest BCUT2D eigenvalue weighted by atomic mass is 9.78. The second-order valence-corrected chi connectivity index (χ2v) is 6.13. The van der Waals surface area contributed by atoms with Crippen LogP contribution in [0.5, 0.6) is 0 Å². The van der Waals surface area contributed by atoms with Crippen LogP contribution in [0, 0.1) is 13.8 Å². The van der Waals surface area contributed by atoms with Crippen molar-refractivity contribution in [2.75, 3.05) is 20.1 Å². The minimum atomic E-state index is 0.179. The molecule has 0 aromatic heterocycles. The summed E-state index contributed by atoms with van der Waals surface area (Å²) in [5.41, 5.74) is 4.31. The Morgan fingerprint density at radius 3 is 1.76 bits per heavy atom. The number of aryl methyl sites for hydroxylation is 2. The summed E-state index contributed by atoms with van der Waals surface area (Å²) in [4.78, 5) is 2.63. The highest BCUT2D eigenvalue weighted by Crippen LogP contribution is 2.37. The lowest BCUT2D eigenvalue weighted by molar-refractivity contribution is 0.0514. The Morgan fingerprint density at radius 2 is 1.43 bits per heavy atom. The normalized spacial score (nSPS) is 13.7. The van der Waals surface area contributed by atoms with Crippen molar-refractivity contribution < 1.29 is 0 Å². The van der Waals surface area contributed by atoms with Crippen molar-refractivity contribution in [1.82, 2.24) is 10.2 Å². The van der Waals surface area contributed by atoms with E-state index in [0.717, 1.165) is 25.9 Å². The van der Waals surface area contributed by atoms with Gasteiger partial charge >= 0.3 is 0 Å². The SMILES string of the molecule is CCN(CC)C(CC)(CC)C(NC)c1cc(C)cc(C)c1. The number of benzene rings is 1. The molecule has 0 saturated heterocycles. The summed E-state index contributed by atoms with van der Waals surface area (Å²) in [6.45, 7) is 15.8. The van der Waals surface area contributed by atoms with Gasteiger partial charge in [-0.2, -0.15) is 0 Å². The van der Waals surface area contributed by atoms with Crippen molar-refractivity contribution in [2.45, 2.75) is 66.0 Å². The first kappa shape index (κ1) is 18.2. The molecule has 2 heteroatoms. The minimum Gasteiger partial charge on any atom is -0.311 e. The Morgan fingerprint density at radius 1 is 0.952 bits per heavy atom. The van der Waals surface area contributed by atoms with Crippen molar-refractivity contribution in [3.8, 4) is 0 Å². The summed E-state index contributed by atoms with van der Waals surface area (Å²) in [5.74, 6) is 0. The third-order valence-corrected chi connectivity index (χ3v) is 5.02. The molecule has 0 heterocycles. The van der Waals surface area contributed by atoms with Crippen molar-refractivity contribution in [2.24, 2.45) is 0 Å². The zero-order valence-electron chi connectivity index (χ0n) is 15.1. The Labute approximate surface area is 131 Å². The van der Waals surface area contributed by atoms with Gasteiger partial charge in [-0.15, -0.1) is 0 Å². The fraction of sp³-hybridized carbons (Fsp3) is 0.684. The molecule has 120 valence electrons. The first-order chi connectivity index (χ1) is 9.98. The van der Waals surface area contributed by atoms with E-state index in [0.29, 0.717) is 6.04 Å². The highest BCUT2D eigenvalue weighted by atomic mass is 15.2. The fourth-order valence-corrected chi connectivity index (χ4v) is 4.06. The van der Waals surface area contributed by atoms with Crippen LogP contribution in [0.15, 0.2) is 18.2 Å². The Balaban J connectivity index is 3.36. The largest absolute Gasteiger partial charge is 0.311 e. The molecular weight excluding hydrogens is 256 g/mol. The van der Waals surface area contributed by atoms with Crippen LogP contribution >= 0.6 is 0 Å². The van der Waals surface area contributed by atoms with Gasteiger partial charge in [-0.3, -0.25) is 4.90 Å². The molecule has 2 nitrogen and oxygen atoms in total. The van der Waals surface area contributed by atoms with Crippen LogP contribution in [-0.4, -0.2) is 30.6 Å². The molecule has 1 atom stereocenters. The molecular formula is C19H34N2. The van der Waals surface area contributed by atoms with Gasteiger partial charge in [0.15, 0.2) is 0 Å². The maximum absolute atomic E-state index is 3.62. The zero-order valence-corrected chi connectivity index (χ0v) is 15.1.